The lowest BCUT2D eigenvalue weighted by atomic mass is 9.86. The van der Waals surface area contributed by atoms with Crippen LogP contribution in [0.1, 0.15) is 64.5 Å². The first kappa shape index (κ1) is 21.8. The maximum Gasteiger partial charge on any atom is 0.338 e. The average Bonchev–Trinajstić information content (AvgIpc) is 3.43. The molecule has 1 amide bonds. The molecule has 7 heteroatoms. The highest BCUT2D eigenvalue weighted by Crippen LogP contribution is 2.50. The van der Waals surface area contributed by atoms with Gasteiger partial charge in [0.05, 0.1) is 28.0 Å². The molecular formula is C26H25FN2O3S. The third kappa shape index (κ3) is 3.95. The van der Waals surface area contributed by atoms with Gasteiger partial charge in [0, 0.05) is 28.9 Å². The predicted octanol–water partition coefficient (Wildman–Crippen LogP) is 5.98. The first-order valence-corrected chi connectivity index (χ1v) is 12.0. The van der Waals surface area contributed by atoms with Crippen LogP contribution in [-0.4, -0.2) is 24.0 Å². The smallest absolute Gasteiger partial charge is 0.338 e. The van der Waals surface area contributed by atoms with Gasteiger partial charge in [0.15, 0.2) is 0 Å². The number of rotatable bonds is 6. The number of carbonyl (C=O) groups excluding carboxylic acids is 2. The lowest BCUT2D eigenvalue weighted by Gasteiger charge is -2.22. The number of nitrogens with one attached hydrogen (secondary N) is 1. The van der Waals surface area contributed by atoms with E-state index in [1.54, 1.807) is 35.7 Å². The van der Waals surface area contributed by atoms with E-state index in [0.29, 0.717) is 35.6 Å². The summed E-state index contributed by atoms with van der Waals surface area (Å²) in [7, 11) is 1.34. The Morgan fingerprint density at radius 2 is 1.97 bits per heavy atom. The summed E-state index contributed by atoms with van der Waals surface area (Å²) in [5, 5.41) is 4.00. The van der Waals surface area contributed by atoms with E-state index in [4.69, 9.17) is 4.74 Å². The molecule has 0 spiro atoms. The SMILES string of the molecule is COC(=O)c1cc(NC(=O)C2(c3ccc(C)cc3F)CC2)ccc1-c1cnc(C2CCC2)s1. The van der Waals surface area contributed by atoms with E-state index in [0.717, 1.165) is 33.9 Å². The molecule has 2 fully saturated rings. The quantitative estimate of drug-likeness (QED) is 0.456. The van der Waals surface area contributed by atoms with Crippen LogP contribution in [0, 0.1) is 12.7 Å². The number of methoxy groups -OCH3 is 1. The van der Waals surface area contributed by atoms with E-state index in [9.17, 15) is 14.0 Å². The number of ether oxygens (including phenoxy) is 1. The summed E-state index contributed by atoms with van der Waals surface area (Å²) in [5.74, 6) is -0.592. The Morgan fingerprint density at radius 3 is 2.61 bits per heavy atom. The van der Waals surface area contributed by atoms with Crippen molar-refractivity contribution in [2.24, 2.45) is 0 Å². The van der Waals surface area contributed by atoms with Gasteiger partial charge in [-0.2, -0.15) is 0 Å². The van der Waals surface area contributed by atoms with Gasteiger partial charge in [-0.05, 0) is 56.4 Å². The zero-order chi connectivity index (χ0) is 23.2. The normalized spacial score (nSPS) is 16.7. The van der Waals surface area contributed by atoms with E-state index >= 15 is 0 Å². The first-order chi connectivity index (χ1) is 15.9. The summed E-state index contributed by atoms with van der Waals surface area (Å²) in [6.45, 7) is 1.82. The van der Waals surface area contributed by atoms with Crippen LogP contribution in [0.5, 0.6) is 0 Å². The van der Waals surface area contributed by atoms with Gasteiger partial charge >= 0.3 is 5.97 Å². The molecule has 0 aliphatic heterocycles. The van der Waals surface area contributed by atoms with Crippen molar-refractivity contribution in [3.05, 3.63) is 70.1 Å². The number of amides is 1. The maximum atomic E-state index is 14.6. The summed E-state index contributed by atoms with van der Waals surface area (Å²) in [4.78, 5) is 31.2. The van der Waals surface area contributed by atoms with Crippen molar-refractivity contribution in [2.45, 2.75) is 50.4 Å². The minimum atomic E-state index is -0.864. The van der Waals surface area contributed by atoms with Gasteiger partial charge in [-0.15, -0.1) is 11.3 Å². The Balaban J connectivity index is 1.42. The summed E-state index contributed by atoms with van der Waals surface area (Å²) >= 11 is 1.60. The van der Waals surface area contributed by atoms with Gasteiger partial charge in [0.2, 0.25) is 5.91 Å². The molecule has 0 bridgehead atoms. The molecule has 0 atom stereocenters. The molecule has 5 rings (SSSR count). The second kappa shape index (κ2) is 8.37. The molecule has 2 aliphatic rings. The first-order valence-electron chi connectivity index (χ1n) is 11.2. The fraction of sp³-hybridized carbons (Fsp3) is 0.346. The molecule has 1 heterocycles. The predicted molar refractivity (Wildman–Crippen MR) is 126 cm³/mol. The van der Waals surface area contributed by atoms with Crippen LogP contribution < -0.4 is 5.32 Å². The van der Waals surface area contributed by atoms with Crippen molar-refractivity contribution in [1.82, 2.24) is 4.98 Å². The molecule has 5 nitrogen and oxygen atoms in total. The molecule has 0 unspecified atom stereocenters. The molecule has 2 saturated carbocycles. The zero-order valence-electron chi connectivity index (χ0n) is 18.6. The number of aryl methyl sites for hydroxylation is 1. The number of halogens is 1. The van der Waals surface area contributed by atoms with Crippen LogP contribution in [0.2, 0.25) is 0 Å². The summed E-state index contributed by atoms with van der Waals surface area (Å²) in [5.41, 5.74) is 1.95. The number of benzene rings is 2. The number of hydrogen-bond donors (Lipinski definition) is 1. The van der Waals surface area contributed by atoms with Gasteiger partial charge < -0.3 is 10.1 Å². The van der Waals surface area contributed by atoms with Crippen LogP contribution in [0.25, 0.3) is 10.4 Å². The molecule has 0 saturated heterocycles. The lowest BCUT2D eigenvalue weighted by molar-refractivity contribution is -0.118. The highest BCUT2D eigenvalue weighted by Gasteiger charge is 2.52. The van der Waals surface area contributed by atoms with Crippen molar-refractivity contribution in [3.63, 3.8) is 0 Å². The Kier molecular flexibility index (Phi) is 5.52. The van der Waals surface area contributed by atoms with Crippen molar-refractivity contribution in [3.8, 4) is 10.4 Å². The summed E-state index contributed by atoms with van der Waals surface area (Å²) < 4.78 is 19.6. The van der Waals surface area contributed by atoms with E-state index in [1.165, 1.54) is 19.6 Å². The Morgan fingerprint density at radius 1 is 1.18 bits per heavy atom. The van der Waals surface area contributed by atoms with E-state index in [2.05, 4.69) is 10.3 Å². The minimum absolute atomic E-state index is 0.265. The fourth-order valence-electron chi connectivity index (χ4n) is 4.37. The molecule has 2 aromatic carbocycles. The number of carbonyl (C=O) groups is 2. The zero-order valence-corrected chi connectivity index (χ0v) is 19.4. The summed E-state index contributed by atoms with van der Waals surface area (Å²) in [6.07, 6.45) is 6.53. The molecule has 33 heavy (non-hydrogen) atoms. The number of anilines is 1. The Hall–Kier alpha value is -3.06. The second-order valence-corrected chi connectivity index (χ2v) is 10.0. The third-order valence-corrected chi connectivity index (χ3v) is 7.94. The van der Waals surface area contributed by atoms with Crippen LogP contribution in [-0.2, 0) is 14.9 Å². The van der Waals surface area contributed by atoms with Crippen molar-refractivity contribution >= 4 is 28.9 Å². The topological polar surface area (TPSA) is 68.3 Å². The van der Waals surface area contributed by atoms with Crippen LogP contribution in [0.15, 0.2) is 42.6 Å². The average molecular weight is 465 g/mol. The van der Waals surface area contributed by atoms with Crippen molar-refractivity contribution in [1.29, 1.82) is 0 Å². The highest BCUT2D eigenvalue weighted by atomic mass is 32.1. The number of thiazole rings is 1. The van der Waals surface area contributed by atoms with Crippen LogP contribution in [0.3, 0.4) is 0 Å². The highest BCUT2D eigenvalue weighted by molar-refractivity contribution is 7.15. The molecule has 1 N–H and O–H groups in total. The standard InChI is InChI=1S/C26H25FN2O3S/c1-15-6-9-20(21(27)12-15)26(10-11-26)25(31)29-17-7-8-18(19(13-17)24(30)32-2)22-14-28-23(33-22)16-4-3-5-16/h6-9,12-14,16H,3-5,10-11H2,1-2H3,(H,29,31). The molecular weight excluding hydrogens is 439 g/mol. The van der Waals surface area contributed by atoms with Gasteiger partial charge in [0.1, 0.15) is 5.82 Å². The van der Waals surface area contributed by atoms with Gasteiger partial charge in [-0.1, -0.05) is 24.6 Å². The molecule has 1 aromatic heterocycles. The van der Waals surface area contributed by atoms with Crippen LogP contribution >= 0.6 is 11.3 Å². The third-order valence-electron chi connectivity index (χ3n) is 6.75. The number of nitrogens with zero attached hydrogens (tertiary/aromatic N) is 1. The van der Waals surface area contributed by atoms with Gasteiger partial charge in [0.25, 0.3) is 0 Å². The van der Waals surface area contributed by atoms with E-state index in [1.807, 2.05) is 19.1 Å². The summed E-state index contributed by atoms with van der Waals surface area (Å²) in [6, 6.07) is 10.2. The number of esters is 1. The number of hydrogen-bond acceptors (Lipinski definition) is 5. The van der Waals surface area contributed by atoms with Crippen molar-refractivity contribution < 1.29 is 18.7 Å². The van der Waals surface area contributed by atoms with Crippen molar-refractivity contribution in [2.75, 3.05) is 12.4 Å². The molecule has 3 aromatic rings. The number of aromatic nitrogens is 1. The monoisotopic (exact) mass is 464 g/mol. The fourth-order valence-corrected chi connectivity index (χ4v) is 5.50. The van der Waals surface area contributed by atoms with E-state index < -0.39 is 11.4 Å². The molecule has 170 valence electrons. The van der Waals surface area contributed by atoms with E-state index in [-0.39, 0.29) is 11.7 Å². The second-order valence-electron chi connectivity index (χ2n) is 8.96. The maximum absolute atomic E-state index is 14.6. The Labute approximate surface area is 196 Å². The largest absolute Gasteiger partial charge is 0.465 e. The molecule has 0 radical (unpaired) electrons. The van der Waals surface area contributed by atoms with Gasteiger partial charge in [-0.3, -0.25) is 4.79 Å². The lowest BCUT2D eigenvalue weighted by Crippen LogP contribution is -2.29. The minimum Gasteiger partial charge on any atom is -0.465 e. The van der Waals surface area contributed by atoms with Gasteiger partial charge in [-0.25, -0.2) is 14.2 Å². The molecule has 2 aliphatic carbocycles. The Bertz CT molecular complexity index is 1240. The van der Waals surface area contributed by atoms with Crippen LogP contribution in [0.4, 0.5) is 10.1 Å².